The molecule has 0 saturated carbocycles. The van der Waals surface area contributed by atoms with Gasteiger partial charge in [-0.05, 0) is 12.8 Å². The Labute approximate surface area is 133 Å². The summed E-state index contributed by atoms with van der Waals surface area (Å²) in [6, 6.07) is 0. The van der Waals surface area contributed by atoms with Crippen LogP contribution < -0.4 is 0 Å². The summed E-state index contributed by atoms with van der Waals surface area (Å²) < 4.78 is 0. The van der Waals surface area contributed by atoms with Crippen LogP contribution in [0.4, 0.5) is 0 Å². The molecule has 0 aromatic rings. The molecule has 78 valence electrons. The molecule has 0 bridgehead atoms. The van der Waals surface area contributed by atoms with Crippen molar-refractivity contribution in [3.8, 4) is 0 Å². The van der Waals surface area contributed by atoms with Gasteiger partial charge in [0.15, 0.2) is 0 Å². The number of rotatable bonds is 8. The van der Waals surface area contributed by atoms with Gasteiger partial charge >= 0.3 is 70.1 Å². The molecule has 0 aliphatic rings. The Morgan fingerprint density at radius 3 is 1.29 bits per heavy atom. The molecule has 0 fully saturated rings. The Hall–Kier alpha value is 0.745. The fourth-order valence-electron chi connectivity index (χ4n) is 1.08. The minimum absolute atomic E-state index is 0. The van der Waals surface area contributed by atoms with Gasteiger partial charge in [-0.15, -0.1) is 0 Å². The van der Waals surface area contributed by atoms with E-state index in [4.69, 9.17) is 10.2 Å². The zero-order valence-electron chi connectivity index (χ0n) is 7.66. The van der Waals surface area contributed by atoms with E-state index >= 15 is 0 Å². The number of hydrogen-bond donors (Lipinski definition) is 2. The van der Waals surface area contributed by atoms with Crippen molar-refractivity contribution in [3.63, 3.8) is 0 Å². The van der Waals surface area contributed by atoms with Gasteiger partial charge in [-0.2, -0.15) is 0 Å². The standard InChI is InChI=1S/C9H16O4.Rb.H/c10-8(11)6-4-2-1-3-5-7-9(12)13;;/h1-7H2,(H,10,11)(H,12,13);;. The van der Waals surface area contributed by atoms with Gasteiger partial charge in [-0.25, -0.2) is 0 Å². The van der Waals surface area contributed by atoms with Crippen LogP contribution in [0.2, 0.25) is 0 Å². The molecule has 0 saturated heterocycles. The fourth-order valence-corrected chi connectivity index (χ4v) is 1.08. The van der Waals surface area contributed by atoms with Crippen LogP contribution in [0.25, 0.3) is 0 Å². The first-order chi connectivity index (χ1) is 6.13. The topological polar surface area (TPSA) is 74.6 Å². The van der Waals surface area contributed by atoms with Crippen LogP contribution in [0.5, 0.6) is 0 Å². The van der Waals surface area contributed by atoms with Gasteiger partial charge in [0, 0.05) is 12.8 Å². The predicted molar refractivity (Wildman–Crippen MR) is 54.7 cm³/mol. The molecule has 14 heavy (non-hydrogen) atoms. The van der Waals surface area contributed by atoms with Gasteiger partial charge in [0.05, 0.1) is 0 Å². The van der Waals surface area contributed by atoms with Crippen molar-refractivity contribution in [1.82, 2.24) is 0 Å². The number of unbranched alkanes of at least 4 members (excludes halogenated alkanes) is 4. The van der Waals surface area contributed by atoms with E-state index in [1.54, 1.807) is 0 Å². The average Bonchev–Trinajstić information content (AvgIpc) is 2.01. The Kier molecular flexibility index (Phi) is 14.5. The summed E-state index contributed by atoms with van der Waals surface area (Å²) in [5.74, 6) is -1.52. The third kappa shape index (κ3) is 15.2. The normalized spacial score (nSPS) is 9.14. The van der Waals surface area contributed by atoms with Crippen molar-refractivity contribution in [3.05, 3.63) is 0 Å². The zero-order valence-corrected chi connectivity index (χ0v) is 7.66. The Balaban J connectivity index is 0. The minimum atomic E-state index is -0.759. The molecule has 0 unspecified atom stereocenters. The molecule has 0 spiro atoms. The monoisotopic (exact) mass is 274 g/mol. The molecule has 0 aliphatic heterocycles. The number of carboxylic acid groups (broad SMARTS) is 2. The molecule has 0 radical (unpaired) electrons. The van der Waals surface area contributed by atoms with Crippen molar-refractivity contribution in [2.75, 3.05) is 0 Å². The summed E-state index contributed by atoms with van der Waals surface area (Å²) in [6.07, 6.45) is 4.53. The molecular formula is C9H17O4Rb. The zero-order chi connectivity index (χ0) is 10.1. The van der Waals surface area contributed by atoms with Crippen molar-refractivity contribution in [2.45, 2.75) is 44.9 Å². The Bertz CT molecular complexity index is 152. The summed E-state index contributed by atoms with van der Waals surface area (Å²) in [5.41, 5.74) is 0. The maximum atomic E-state index is 10.1. The van der Waals surface area contributed by atoms with Gasteiger partial charge in [-0.3, -0.25) is 9.59 Å². The quantitative estimate of drug-likeness (QED) is 0.653. The van der Waals surface area contributed by atoms with Crippen LogP contribution in [0, 0.1) is 0 Å². The molecule has 0 aliphatic carbocycles. The van der Waals surface area contributed by atoms with E-state index in [1.807, 2.05) is 0 Å². The molecular weight excluding hydrogens is 258 g/mol. The first kappa shape index (κ1) is 17.1. The Morgan fingerprint density at radius 2 is 1.00 bits per heavy atom. The number of carboxylic acids is 2. The molecule has 0 atom stereocenters. The van der Waals surface area contributed by atoms with Crippen LogP contribution in [0.15, 0.2) is 0 Å². The van der Waals surface area contributed by atoms with Crippen LogP contribution in [-0.2, 0) is 9.59 Å². The summed E-state index contributed by atoms with van der Waals surface area (Å²) in [6.45, 7) is 0. The second-order valence-corrected chi connectivity index (χ2v) is 3.06. The molecule has 0 aromatic heterocycles. The van der Waals surface area contributed by atoms with E-state index in [2.05, 4.69) is 0 Å². The first-order valence-electron chi connectivity index (χ1n) is 4.56. The van der Waals surface area contributed by atoms with E-state index in [1.165, 1.54) is 0 Å². The first-order valence-corrected chi connectivity index (χ1v) is 4.56. The maximum absolute atomic E-state index is 10.1. The van der Waals surface area contributed by atoms with Crippen LogP contribution in [0.1, 0.15) is 44.9 Å². The number of aliphatic carboxylic acids is 2. The second-order valence-electron chi connectivity index (χ2n) is 3.06. The van der Waals surface area contributed by atoms with Gasteiger partial charge in [0.2, 0.25) is 0 Å². The molecule has 0 heterocycles. The van der Waals surface area contributed by atoms with Gasteiger partial charge < -0.3 is 10.2 Å². The summed E-state index contributed by atoms with van der Waals surface area (Å²) in [5, 5.41) is 16.6. The van der Waals surface area contributed by atoms with E-state index in [9.17, 15) is 9.59 Å². The van der Waals surface area contributed by atoms with Gasteiger partial charge in [0.1, 0.15) is 0 Å². The number of carbonyl (C=O) groups is 2. The van der Waals surface area contributed by atoms with E-state index < -0.39 is 11.9 Å². The third-order valence-corrected chi connectivity index (χ3v) is 1.78. The predicted octanol–water partition coefficient (Wildman–Crippen LogP) is 1.24. The van der Waals surface area contributed by atoms with Gasteiger partial charge in [-0.1, -0.05) is 19.3 Å². The van der Waals surface area contributed by atoms with Crippen molar-refractivity contribution in [2.24, 2.45) is 0 Å². The van der Waals surface area contributed by atoms with Crippen molar-refractivity contribution in [1.29, 1.82) is 0 Å². The SMILES string of the molecule is O=C(O)CCCCCCCC(=O)O.[RbH]. The molecule has 5 heteroatoms. The molecule has 4 nitrogen and oxygen atoms in total. The second kappa shape index (κ2) is 11.8. The molecule has 2 N–H and O–H groups in total. The molecule has 0 amide bonds. The van der Waals surface area contributed by atoms with E-state index in [-0.39, 0.29) is 71.0 Å². The number of hydrogen-bond acceptors (Lipinski definition) is 2. The summed E-state index contributed by atoms with van der Waals surface area (Å²) in [4.78, 5) is 20.2. The van der Waals surface area contributed by atoms with E-state index in [0.29, 0.717) is 12.8 Å². The Morgan fingerprint density at radius 1 is 0.714 bits per heavy atom. The molecule has 0 rings (SSSR count). The summed E-state index contributed by atoms with van der Waals surface area (Å²) in [7, 11) is 0. The van der Waals surface area contributed by atoms with Crippen molar-refractivity contribution < 1.29 is 19.8 Å². The van der Waals surface area contributed by atoms with Crippen LogP contribution >= 0.6 is 0 Å². The summed E-state index contributed by atoms with van der Waals surface area (Å²) >= 11 is 0. The van der Waals surface area contributed by atoms with E-state index in [0.717, 1.165) is 19.3 Å². The van der Waals surface area contributed by atoms with Crippen LogP contribution in [0.3, 0.4) is 0 Å². The van der Waals surface area contributed by atoms with Crippen LogP contribution in [-0.4, -0.2) is 80.3 Å². The fraction of sp³-hybridized carbons (Fsp3) is 0.778. The van der Waals surface area contributed by atoms with Crippen molar-refractivity contribution >= 4 is 70.1 Å². The average molecular weight is 275 g/mol. The molecule has 0 aromatic carbocycles. The van der Waals surface area contributed by atoms with Gasteiger partial charge in [0.25, 0.3) is 0 Å². The third-order valence-electron chi connectivity index (χ3n) is 1.78.